The molecule has 0 unspecified atom stereocenters. The van der Waals surface area contributed by atoms with Crippen LogP contribution in [-0.2, 0) is 26.5 Å². The predicted octanol–water partition coefficient (Wildman–Crippen LogP) is 7.32. The van der Waals surface area contributed by atoms with Gasteiger partial charge in [0.15, 0.2) is 0 Å². The minimum atomic E-state index is -0.104. The van der Waals surface area contributed by atoms with E-state index in [1.165, 1.54) is 6.20 Å². The molecule has 5 nitrogen and oxygen atoms in total. The van der Waals surface area contributed by atoms with Crippen molar-refractivity contribution in [3.63, 3.8) is 0 Å². The third kappa shape index (κ3) is 4.04. The molecule has 36 heavy (non-hydrogen) atoms. The summed E-state index contributed by atoms with van der Waals surface area (Å²) in [4.78, 5) is 9.07. The van der Waals surface area contributed by atoms with Gasteiger partial charge in [0.25, 0.3) is 0 Å². The maximum Gasteiger partial charge on any atom is 0.217 e. The molecule has 3 aromatic carbocycles. The first-order valence-electron chi connectivity index (χ1n) is 12.4. The molecule has 0 saturated carbocycles. The third-order valence-corrected chi connectivity index (χ3v) is 6.16. The zero-order chi connectivity index (χ0) is 25.9. The van der Waals surface area contributed by atoms with Gasteiger partial charge in [-0.15, -0.1) is 17.5 Å². The van der Waals surface area contributed by atoms with Gasteiger partial charge in [-0.1, -0.05) is 56.6 Å². The fraction of sp³-hybridized carbons (Fsp3) is 0.133. The summed E-state index contributed by atoms with van der Waals surface area (Å²) in [6.45, 7) is 6.38. The first-order chi connectivity index (χ1) is 17.7. The quantitative estimate of drug-likeness (QED) is 0.203. The molecule has 0 aliphatic carbocycles. The van der Waals surface area contributed by atoms with Crippen molar-refractivity contribution in [1.82, 2.24) is 14.5 Å². The Morgan fingerprint density at radius 3 is 2.50 bits per heavy atom. The number of rotatable bonds is 3. The Balaban J connectivity index is 0.00000294. The molecule has 3 heterocycles. The van der Waals surface area contributed by atoms with Gasteiger partial charge in [-0.2, -0.15) is 6.07 Å². The number of para-hydroxylation sites is 1. The Kier molecular flexibility index (Phi) is 5.44. The van der Waals surface area contributed by atoms with Crippen LogP contribution in [0.3, 0.4) is 0 Å². The second kappa shape index (κ2) is 9.07. The monoisotopic (exact) mass is 655 g/mol. The first kappa shape index (κ1) is 21.6. The van der Waals surface area contributed by atoms with E-state index in [2.05, 4.69) is 36.8 Å². The van der Waals surface area contributed by atoms with E-state index >= 15 is 0 Å². The minimum absolute atomic E-state index is 0. The Hall–Kier alpha value is -3.69. The van der Waals surface area contributed by atoms with Gasteiger partial charge in [0, 0.05) is 50.0 Å². The number of phenols is 1. The van der Waals surface area contributed by atoms with Gasteiger partial charge in [-0.25, -0.2) is 9.97 Å². The van der Waals surface area contributed by atoms with Crippen molar-refractivity contribution < 1.29 is 33.7 Å². The molecule has 0 atom stereocenters. The number of hydrogen-bond acceptors (Lipinski definition) is 4. The topological polar surface area (TPSA) is 60.2 Å². The summed E-state index contributed by atoms with van der Waals surface area (Å²) < 4.78 is 24.0. The van der Waals surface area contributed by atoms with Crippen LogP contribution in [0.5, 0.6) is 17.4 Å². The Bertz CT molecular complexity index is 1830. The molecule has 0 aliphatic rings. The van der Waals surface area contributed by atoms with Gasteiger partial charge in [-0.05, 0) is 46.7 Å². The van der Waals surface area contributed by atoms with Crippen LogP contribution in [0.1, 0.15) is 29.1 Å². The molecular weight excluding hydrogens is 629 g/mol. The summed E-state index contributed by atoms with van der Waals surface area (Å²) in [5, 5.41) is 13.2. The average Bonchev–Trinajstić information content (AvgIpc) is 3.17. The SMILES string of the molecule is [2H]c1ccc(-n2c3[c-]c(Oc4ccc5c(C(C)(C)C)ccc(O)c5n4)ccc3c3cc([2H])ccc32)nc1.[Pt]. The Morgan fingerprint density at radius 1 is 0.917 bits per heavy atom. The van der Waals surface area contributed by atoms with Gasteiger partial charge in [0.2, 0.25) is 5.88 Å². The average molecular weight is 656 g/mol. The molecule has 6 heteroatoms. The van der Waals surface area contributed by atoms with Crippen LogP contribution in [0.25, 0.3) is 38.5 Å². The number of fused-ring (bicyclic) bond motifs is 4. The number of pyridine rings is 2. The molecule has 0 bridgehead atoms. The van der Waals surface area contributed by atoms with Crippen LogP contribution in [0.15, 0.2) is 85.0 Å². The van der Waals surface area contributed by atoms with Crippen molar-refractivity contribution in [2.75, 3.05) is 0 Å². The van der Waals surface area contributed by atoms with E-state index in [1.807, 2.05) is 41.0 Å². The van der Waals surface area contributed by atoms with Crippen LogP contribution < -0.4 is 4.74 Å². The second-order valence-electron chi connectivity index (χ2n) is 9.51. The summed E-state index contributed by atoms with van der Waals surface area (Å²) in [7, 11) is 0. The van der Waals surface area contributed by atoms with Gasteiger partial charge >= 0.3 is 0 Å². The zero-order valence-electron chi connectivity index (χ0n) is 21.9. The van der Waals surface area contributed by atoms with Crippen LogP contribution >= 0.6 is 0 Å². The van der Waals surface area contributed by atoms with Gasteiger partial charge in [0.1, 0.15) is 17.1 Å². The summed E-state index contributed by atoms with van der Waals surface area (Å²) in [5.74, 6) is 1.55. The van der Waals surface area contributed by atoms with Crippen molar-refractivity contribution in [1.29, 1.82) is 0 Å². The fourth-order valence-corrected chi connectivity index (χ4v) is 4.56. The molecule has 0 fully saturated rings. The smallest absolute Gasteiger partial charge is 0.217 e. The van der Waals surface area contributed by atoms with Crippen molar-refractivity contribution in [3.05, 3.63) is 96.6 Å². The molecule has 0 radical (unpaired) electrons. The van der Waals surface area contributed by atoms with E-state index in [1.54, 1.807) is 30.3 Å². The van der Waals surface area contributed by atoms with Crippen molar-refractivity contribution >= 4 is 32.7 Å². The predicted molar refractivity (Wildman–Crippen MR) is 140 cm³/mol. The summed E-state index contributed by atoms with van der Waals surface area (Å²) >= 11 is 0. The van der Waals surface area contributed by atoms with Crippen LogP contribution in [-0.4, -0.2) is 19.6 Å². The maximum atomic E-state index is 10.5. The molecule has 6 aromatic rings. The fourth-order valence-electron chi connectivity index (χ4n) is 4.56. The molecule has 3 aromatic heterocycles. The third-order valence-electron chi connectivity index (χ3n) is 6.16. The van der Waals surface area contributed by atoms with Crippen LogP contribution in [0.2, 0.25) is 0 Å². The van der Waals surface area contributed by atoms with E-state index in [-0.39, 0.29) is 32.2 Å². The van der Waals surface area contributed by atoms with Crippen molar-refractivity contribution in [2.45, 2.75) is 26.2 Å². The van der Waals surface area contributed by atoms with E-state index < -0.39 is 0 Å². The number of benzene rings is 3. The molecule has 0 spiro atoms. The molecule has 182 valence electrons. The van der Waals surface area contributed by atoms with Gasteiger partial charge in [0.05, 0.1) is 2.74 Å². The number of hydrogen-bond donors (Lipinski definition) is 1. The van der Waals surface area contributed by atoms with Crippen LogP contribution in [0, 0.1) is 6.07 Å². The molecule has 0 saturated heterocycles. The molecular formula is C30H24N3O2Pt-. The zero-order valence-corrected chi connectivity index (χ0v) is 22.2. The van der Waals surface area contributed by atoms with E-state index in [0.29, 0.717) is 35.0 Å². The summed E-state index contributed by atoms with van der Waals surface area (Å²) in [5.41, 5.74) is 3.10. The van der Waals surface area contributed by atoms with Crippen molar-refractivity contribution in [3.8, 4) is 23.2 Å². The summed E-state index contributed by atoms with van der Waals surface area (Å²) in [6, 6.07) is 24.1. The number of aromatic nitrogens is 3. The molecule has 6 rings (SSSR count). The van der Waals surface area contributed by atoms with Gasteiger partial charge in [-0.3, -0.25) is 0 Å². The minimum Gasteiger partial charge on any atom is -0.506 e. The molecule has 0 amide bonds. The normalized spacial score (nSPS) is 12.4. The largest absolute Gasteiger partial charge is 0.506 e. The Labute approximate surface area is 226 Å². The van der Waals surface area contributed by atoms with Crippen molar-refractivity contribution in [2.24, 2.45) is 0 Å². The standard InChI is InChI=1S/C30H24N3O2.Pt/c1-30(2,3)23-14-15-26(34)29-22(23)13-16-28(32-29)35-19-11-12-21-20-8-4-5-9-24(20)33(25(21)18-19)27-10-6-7-17-31-27;/h4-17,34H,1-3H3;/q-1;/i4D,7D;. The van der Waals surface area contributed by atoms with E-state index in [9.17, 15) is 5.11 Å². The van der Waals surface area contributed by atoms with E-state index in [0.717, 1.165) is 32.8 Å². The Morgan fingerprint density at radius 2 is 1.72 bits per heavy atom. The number of phenolic OH excluding ortho intramolecular Hbond substituents is 1. The molecule has 0 aliphatic heterocycles. The van der Waals surface area contributed by atoms with E-state index in [4.69, 9.17) is 7.48 Å². The summed E-state index contributed by atoms with van der Waals surface area (Å²) in [6.07, 6.45) is 1.50. The first-order valence-corrected chi connectivity index (χ1v) is 11.4. The number of aromatic hydroxyl groups is 1. The molecule has 1 N–H and O–H groups in total. The van der Waals surface area contributed by atoms with Crippen LogP contribution in [0.4, 0.5) is 0 Å². The number of nitrogens with zero attached hydrogens (tertiary/aromatic N) is 3. The number of ether oxygens (including phenoxy) is 1. The maximum absolute atomic E-state index is 10.5. The van der Waals surface area contributed by atoms with Gasteiger partial charge < -0.3 is 14.4 Å². The second-order valence-corrected chi connectivity index (χ2v) is 9.51.